The van der Waals surface area contributed by atoms with Gasteiger partial charge in [-0.15, -0.1) is 0 Å². The summed E-state index contributed by atoms with van der Waals surface area (Å²) in [5.41, 5.74) is -0.853. The monoisotopic (exact) mass is 264 g/mol. The second kappa shape index (κ2) is 7.19. The minimum Gasteiger partial charge on any atom is -0.497 e. The molecule has 2 radical (unpaired) electrons. The zero-order chi connectivity index (χ0) is 13.8. The molecule has 0 heterocycles. The van der Waals surface area contributed by atoms with Crippen LogP contribution in [0.1, 0.15) is 37.6 Å². The lowest BCUT2D eigenvalue weighted by Crippen LogP contribution is -2.24. The molecule has 0 fully saturated rings. The first-order valence-corrected chi connectivity index (χ1v) is 5.63. The highest BCUT2D eigenvalue weighted by Gasteiger charge is 2.16. The maximum atomic E-state index is 11.9. The zero-order valence-corrected chi connectivity index (χ0v) is 10.9. The van der Waals surface area contributed by atoms with E-state index in [9.17, 15) is 9.90 Å². The number of ketones is 1. The molecule has 0 aliphatic heterocycles. The molecule has 0 aliphatic rings. The van der Waals surface area contributed by atoms with Crippen molar-refractivity contribution >= 4 is 13.6 Å². The van der Waals surface area contributed by atoms with Crippen LogP contribution in [0.25, 0.3) is 0 Å². The molecule has 19 heavy (non-hydrogen) atoms. The molecule has 0 aliphatic carbocycles. The van der Waals surface area contributed by atoms with Gasteiger partial charge in [0.1, 0.15) is 19.3 Å². The second-order valence-corrected chi connectivity index (χ2v) is 4.38. The number of hydrogen-bond donors (Lipinski definition) is 1. The van der Waals surface area contributed by atoms with E-state index in [0.717, 1.165) is 0 Å². The molecule has 1 unspecified atom stereocenters. The third-order valence-electron chi connectivity index (χ3n) is 2.53. The summed E-state index contributed by atoms with van der Waals surface area (Å²) >= 11 is 0. The highest BCUT2D eigenvalue weighted by molar-refractivity contribution is 6.14. The van der Waals surface area contributed by atoms with Gasteiger partial charge in [0.15, 0.2) is 5.78 Å². The van der Waals surface area contributed by atoms with Crippen LogP contribution < -0.4 is 9.47 Å². The number of ether oxygens (including phenoxy) is 2. The third kappa shape index (κ3) is 5.79. The lowest BCUT2D eigenvalue weighted by Gasteiger charge is -2.16. The molecule has 0 bridgehead atoms. The normalized spacial score (nSPS) is 13.1. The number of benzene rings is 1. The second-order valence-electron chi connectivity index (χ2n) is 4.38. The maximum Gasteiger partial charge on any atom is 0.163 e. The first-order chi connectivity index (χ1) is 8.35. The van der Waals surface area contributed by atoms with E-state index in [-0.39, 0.29) is 26.1 Å². The fourth-order valence-electron chi connectivity index (χ4n) is 1.48. The van der Waals surface area contributed by atoms with Crippen molar-refractivity contribution in [3.8, 4) is 11.5 Å². The summed E-state index contributed by atoms with van der Waals surface area (Å²) < 4.78 is 10.2. The predicted molar refractivity (Wildman–Crippen MR) is 76.2 cm³/mol. The van der Waals surface area contributed by atoms with Crippen LogP contribution in [-0.2, 0) is 0 Å². The van der Waals surface area contributed by atoms with Gasteiger partial charge in [-0.2, -0.15) is 0 Å². The number of methoxy groups -OCH3 is 2. The van der Waals surface area contributed by atoms with E-state index in [1.165, 1.54) is 21.1 Å². The quantitative estimate of drug-likeness (QED) is 0.632. The van der Waals surface area contributed by atoms with E-state index in [1.807, 2.05) is 0 Å². The first-order valence-electron chi connectivity index (χ1n) is 5.63. The van der Waals surface area contributed by atoms with E-state index >= 15 is 0 Å². The van der Waals surface area contributed by atoms with Crippen LogP contribution in [0, 0.1) is 0 Å². The van der Waals surface area contributed by atoms with Crippen molar-refractivity contribution < 1.29 is 19.4 Å². The zero-order valence-electron chi connectivity index (χ0n) is 10.9. The van der Waals surface area contributed by atoms with Crippen molar-refractivity contribution in [2.24, 2.45) is 0 Å². The number of hydrogen-bond acceptors (Lipinski definition) is 4. The average molecular weight is 264 g/mol. The van der Waals surface area contributed by atoms with Gasteiger partial charge in [-0.1, -0.05) is 7.43 Å². The standard InChI is InChI=1S/C13H17BO4.CH4/c1-13(14,16)5-4-12(15)9-6-10(17-2)8-11(7-9)18-3;/h6-8,16H,4-5H2,1-3H3;1H4. The molecule has 1 rings (SSSR count). The van der Waals surface area contributed by atoms with Crippen LogP contribution in [0.2, 0.25) is 0 Å². The minimum atomic E-state index is -1.33. The summed E-state index contributed by atoms with van der Waals surface area (Å²) in [6.07, 6.45) is 0.366. The molecule has 104 valence electrons. The number of carbonyl (C=O) groups is 1. The Kier molecular flexibility index (Phi) is 6.63. The molecule has 5 heteroatoms. The van der Waals surface area contributed by atoms with E-state index in [2.05, 4.69) is 0 Å². The van der Waals surface area contributed by atoms with Gasteiger partial charge in [0, 0.05) is 23.6 Å². The molecule has 0 saturated carbocycles. The van der Waals surface area contributed by atoms with Crippen molar-refractivity contribution in [3.63, 3.8) is 0 Å². The minimum absolute atomic E-state index is 0. The van der Waals surface area contributed by atoms with Crippen LogP contribution >= 0.6 is 0 Å². The summed E-state index contributed by atoms with van der Waals surface area (Å²) in [7, 11) is 8.47. The van der Waals surface area contributed by atoms with Crippen molar-refractivity contribution in [3.05, 3.63) is 23.8 Å². The van der Waals surface area contributed by atoms with E-state index < -0.39 is 5.50 Å². The summed E-state index contributed by atoms with van der Waals surface area (Å²) in [6, 6.07) is 4.96. The Hall–Kier alpha value is -1.49. The van der Waals surface area contributed by atoms with Gasteiger partial charge in [-0.05, 0) is 25.5 Å². The van der Waals surface area contributed by atoms with Gasteiger partial charge < -0.3 is 14.6 Å². The van der Waals surface area contributed by atoms with E-state index in [1.54, 1.807) is 18.2 Å². The average Bonchev–Trinajstić information content (AvgIpc) is 2.34. The highest BCUT2D eigenvalue weighted by atomic mass is 16.5. The Labute approximate surface area is 116 Å². The molecule has 1 aromatic rings. The first kappa shape index (κ1) is 17.5. The number of rotatable bonds is 6. The topological polar surface area (TPSA) is 55.8 Å². The van der Waals surface area contributed by atoms with Crippen molar-refractivity contribution in [1.29, 1.82) is 0 Å². The molecule has 0 aromatic heterocycles. The molecule has 1 aromatic carbocycles. The van der Waals surface area contributed by atoms with Crippen LogP contribution in [0.15, 0.2) is 18.2 Å². The fourth-order valence-corrected chi connectivity index (χ4v) is 1.48. The Morgan fingerprint density at radius 1 is 1.26 bits per heavy atom. The molecule has 1 N–H and O–H groups in total. The van der Waals surface area contributed by atoms with Gasteiger partial charge in [-0.3, -0.25) is 4.79 Å². The van der Waals surface area contributed by atoms with E-state index in [0.29, 0.717) is 17.1 Å². The number of Topliss-reactive ketones (excluding diaryl/α,β-unsaturated/α-hetero) is 1. The van der Waals surface area contributed by atoms with Crippen LogP contribution in [0.5, 0.6) is 11.5 Å². The predicted octanol–water partition coefficient (Wildman–Crippen LogP) is 2.18. The lowest BCUT2D eigenvalue weighted by atomic mass is 9.79. The number of aliphatic hydroxyl groups is 1. The molecule has 0 spiro atoms. The van der Waals surface area contributed by atoms with Crippen LogP contribution in [-0.4, -0.2) is 38.5 Å². The Morgan fingerprint density at radius 2 is 1.74 bits per heavy atom. The fraction of sp³-hybridized carbons (Fsp3) is 0.500. The van der Waals surface area contributed by atoms with Gasteiger partial charge >= 0.3 is 0 Å². The third-order valence-corrected chi connectivity index (χ3v) is 2.53. The highest BCUT2D eigenvalue weighted by Crippen LogP contribution is 2.24. The van der Waals surface area contributed by atoms with Crippen molar-refractivity contribution in [1.82, 2.24) is 0 Å². The lowest BCUT2D eigenvalue weighted by molar-refractivity contribution is 0.0912. The summed E-state index contributed by atoms with van der Waals surface area (Å²) in [5.74, 6) is 0.993. The summed E-state index contributed by atoms with van der Waals surface area (Å²) in [6.45, 7) is 1.46. The molecular weight excluding hydrogens is 243 g/mol. The summed E-state index contributed by atoms with van der Waals surface area (Å²) in [5, 5.41) is 9.39. The molecule has 0 saturated heterocycles. The van der Waals surface area contributed by atoms with Gasteiger partial charge in [0.25, 0.3) is 0 Å². The van der Waals surface area contributed by atoms with Crippen molar-refractivity contribution in [2.75, 3.05) is 14.2 Å². The van der Waals surface area contributed by atoms with Gasteiger partial charge in [0.05, 0.1) is 14.2 Å². The smallest absolute Gasteiger partial charge is 0.163 e. The molecule has 4 nitrogen and oxygen atoms in total. The molecule has 0 amide bonds. The Morgan fingerprint density at radius 3 is 2.11 bits per heavy atom. The van der Waals surface area contributed by atoms with Gasteiger partial charge in [-0.25, -0.2) is 0 Å². The van der Waals surface area contributed by atoms with E-state index in [4.69, 9.17) is 17.3 Å². The van der Waals surface area contributed by atoms with Crippen LogP contribution in [0.3, 0.4) is 0 Å². The Bertz CT molecular complexity index is 402. The molecular formula is C14H21BO4. The number of carbonyl (C=O) groups excluding carboxylic acids is 1. The molecule has 1 atom stereocenters. The SMILES string of the molecule is C.[B]C(C)(O)CCC(=O)c1cc(OC)cc(OC)c1. The van der Waals surface area contributed by atoms with Gasteiger partial charge in [0.2, 0.25) is 0 Å². The maximum absolute atomic E-state index is 11.9. The van der Waals surface area contributed by atoms with Crippen molar-refractivity contribution in [2.45, 2.75) is 32.7 Å². The van der Waals surface area contributed by atoms with Crippen LogP contribution in [0.4, 0.5) is 0 Å². The Balaban J connectivity index is 0.00000324. The largest absolute Gasteiger partial charge is 0.497 e. The summed E-state index contributed by atoms with van der Waals surface area (Å²) in [4.78, 5) is 11.9.